The number of halogens is 1. The molecule has 4 rings (SSSR count). The highest BCUT2D eigenvalue weighted by Gasteiger charge is 2.20. The molecule has 166 valence electrons. The number of methoxy groups -OCH3 is 1. The van der Waals surface area contributed by atoms with E-state index in [4.69, 9.17) is 21.1 Å². The minimum atomic E-state index is -0.776. The summed E-state index contributed by atoms with van der Waals surface area (Å²) in [6, 6.07) is 23.4. The lowest BCUT2D eigenvalue weighted by Gasteiger charge is -2.13. The van der Waals surface area contributed by atoms with Gasteiger partial charge < -0.3 is 9.47 Å². The number of fused-ring (bicyclic) bond motifs is 1. The summed E-state index contributed by atoms with van der Waals surface area (Å²) < 4.78 is 11.7. The molecule has 1 N–H and O–H groups in total. The molecule has 0 aliphatic rings. The average molecular weight is 479 g/mol. The molecule has 0 bridgehead atoms. The third kappa shape index (κ3) is 5.28. The van der Waals surface area contributed by atoms with Gasteiger partial charge in [-0.2, -0.15) is 5.10 Å². The van der Waals surface area contributed by atoms with E-state index in [2.05, 4.69) is 10.5 Å². The topological polar surface area (TPSA) is 77.0 Å². The van der Waals surface area contributed by atoms with E-state index in [0.717, 1.165) is 15.6 Å². The van der Waals surface area contributed by atoms with Gasteiger partial charge in [0.05, 0.1) is 11.2 Å². The van der Waals surface area contributed by atoms with Crippen molar-refractivity contribution in [1.29, 1.82) is 0 Å². The first-order valence-electron chi connectivity index (χ1n) is 9.96. The zero-order valence-corrected chi connectivity index (χ0v) is 19.1. The predicted octanol–water partition coefficient (Wildman–Crippen LogP) is 5.61. The Balaban J connectivity index is 1.42. The Morgan fingerprint density at radius 2 is 1.79 bits per heavy atom. The SMILES string of the molecule is CO[C@H](C(=O)N/N=C\c1cccc(OC(=O)c2sc3ccccc3c2Cl)c1)c1ccccc1. The van der Waals surface area contributed by atoms with Crippen molar-refractivity contribution in [1.82, 2.24) is 5.43 Å². The number of hydrazone groups is 1. The Labute approximate surface area is 199 Å². The largest absolute Gasteiger partial charge is 0.422 e. The van der Waals surface area contributed by atoms with Crippen LogP contribution in [0.2, 0.25) is 5.02 Å². The van der Waals surface area contributed by atoms with Crippen LogP contribution in [-0.4, -0.2) is 25.2 Å². The van der Waals surface area contributed by atoms with E-state index in [1.807, 2.05) is 42.5 Å². The zero-order chi connectivity index (χ0) is 23.2. The maximum Gasteiger partial charge on any atom is 0.355 e. The van der Waals surface area contributed by atoms with Gasteiger partial charge >= 0.3 is 5.97 Å². The molecule has 1 atom stereocenters. The quantitative estimate of drug-likeness (QED) is 0.162. The number of hydrogen-bond donors (Lipinski definition) is 1. The van der Waals surface area contributed by atoms with E-state index < -0.39 is 18.0 Å². The van der Waals surface area contributed by atoms with Gasteiger partial charge in [0.25, 0.3) is 5.91 Å². The minimum Gasteiger partial charge on any atom is -0.422 e. The Kier molecular flexibility index (Phi) is 7.14. The number of thiophene rings is 1. The van der Waals surface area contributed by atoms with Crippen molar-refractivity contribution < 1.29 is 19.1 Å². The zero-order valence-electron chi connectivity index (χ0n) is 17.5. The molecular formula is C25H19ClN2O4S. The van der Waals surface area contributed by atoms with E-state index in [9.17, 15) is 9.59 Å². The van der Waals surface area contributed by atoms with E-state index in [0.29, 0.717) is 21.2 Å². The summed E-state index contributed by atoms with van der Waals surface area (Å²) in [6.45, 7) is 0. The summed E-state index contributed by atoms with van der Waals surface area (Å²) >= 11 is 7.65. The van der Waals surface area contributed by atoms with Gasteiger partial charge in [-0.05, 0) is 29.3 Å². The van der Waals surface area contributed by atoms with E-state index in [1.54, 1.807) is 36.4 Å². The summed E-state index contributed by atoms with van der Waals surface area (Å²) in [4.78, 5) is 25.4. The van der Waals surface area contributed by atoms with Gasteiger partial charge in [-0.15, -0.1) is 11.3 Å². The van der Waals surface area contributed by atoms with Crippen LogP contribution in [0, 0.1) is 0 Å². The van der Waals surface area contributed by atoms with Crippen molar-refractivity contribution in [2.75, 3.05) is 7.11 Å². The lowest BCUT2D eigenvalue weighted by Crippen LogP contribution is -2.26. The first-order valence-corrected chi connectivity index (χ1v) is 11.2. The predicted molar refractivity (Wildman–Crippen MR) is 130 cm³/mol. The van der Waals surface area contributed by atoms with Crippen molar-refractivity contribution in [3.05, 3.63) is 99.9 Å². The van der Waals surface area contributed by atoms with Gasteiger partial charge in [0.15, 0.2) is 6.10 Å². The summed E-state index contributed by atoms with van der Waals surface area (Å²) in [5.41, 5.74) is 3.83. The third-order valence-electron chi connectivity index (χ3n) is 4.75. The van der Waals surface area contributed by atoms with Crippen molar-refractivity contribution >= 4 is 51.1 Å². The van der Waals surface area contributed by atoms with Gasteiger partial charge in [-0.1, -0.05) is 72.3 Å². The molecule has 0 aliphatic heterocycles. The molecule has 0 fully saturated rings. The number of nitrogens with zero attached hydrogens (tertiary/aromatic N) is 1. The Morgan fingerprint density at radius 3 is 2.55 bits per heavy atom. The van der Waals surface area contributed by atoms with Crippen LogP contribution in [0.25, 0.3) is 10.1 Å². The van der Waals surface area contributed by atoms with Crippen LogP contribution in [0.3, 0.4) is 0 Å². The molecule has 1 aromatic heterocycles. The monoisotopic (exact) mass is 478 g/mol. The normalized spacial score (nSPS) is 12.1. The molecule has 8 heteroatoms. The van der Waals surface area contributed by atoms with Crippen LogP contribution in [-0.2, 0) is 9.53 Å². The number of amides is 1. The molecule has 0 radical (unpaired) electrons. The maximum absolute atomic E-state index is 12.7. The first-order chi connectivity index (χ1) is 16.1. The van der Waals surface area contributed by atoms with Gasteiger partial charge in [0.2, 0.25) is 0 Å². The molecule has 33 heavy (non-hydrogen) atoms. The summed E-state index contributed by atoms with van der Waals surface area (Å²) in [7, 11) is 1.46. The molecule has 1 amide bonds. The summed E-state index contributed by atoms with van der Waals surface area (Å²) in [5.74, 6) is -0.598. The highest BCUT2D eigenvalue weighted by molar-refractivity contribution is 7.21. The number of esters is 1. The second-order valence-corrected chi connectivity index (χ2v) is 8.39. The fourth-order valence-corrected chi connectivity index (χ4v) is 4.59. The van der Waals surface area contributed by atoms with Gasteiger partial charge in [-0.25, -0.2) is 10.2 Å². The molecule has 0 saturated heterocycles. The Morgan fingerprint density at radius 1 is 1.03 bits per heavy atom. The molecule has 1 heterocycles. The minimum absolute atomic E-state index is 0.336. The molecule has 0 saturated carbocycles. The van der Waals surface area contributed by atoms with Gasteiger partial charge in [0.1, 0.15) is 10.6 Å². The number of rotatable bonds is 7. The number of nitrogens with one attached hydrogen (secondary N) is 1. The number of benzene rings is 3. The van der Waals surface area contributed by atoms with Crippen molar-refractivity contribution in [3.8, 4) is 5.75 Å². The molecule has 6 nitrogen and oxygen atoms in total. The van der Waals surface area contributed by atoms with Crippen molar-refractivity contribution in [2.45, 2.75) is 6.10 Å². The smallest absolute Gasteiger partial charge is 0.355 e. The van der Waals surface area contributed by atoms with Gasteiger partial charge in [-0.3, -0.25) is 4.79 Å². The van der Waals surface area contributed by atoms with E-state index in [1.165, 1.54) is 24.7 Å². The van der Waals surface area contributed by atoms with Crippen LogP contribution in [0.1, 0.15) is 26.9 Å². The van der Waals surface area contributed by atoms with Crippen LogP contribution >= 0.6 is 22.9 Å². The third-order valence-corrected chi connectivity index (χ3v) is 6.41. The second kappa shape index (κ2) is 10.4. The van der Waals surface area contributed by atoms with E-state index in [-0.39, 0.29) is 0 Å². The molecule has 3 aromatic carbocycles. The van der Waals surface area contributed by atoms with Crippen LogP contribution in [0.5, 0.6) is 5.75 Å². The number of ether oxygens (including phenoxy) is 2. The number of carbonyl (C=O) groups is 2. The summed E-state index contributed by atoms with van der Waals surface area (Å²) in [5, 5.41) is 5.19. The molecule has 0 aliphatic carbocycles. The van der Waals surface area contributed by atoms with Crippen LogP contribution < -0.4 is 10.2 Å². The van der Waals surface area contributed by atoms with Crippen LogP contribution in [0.4, 0.5) is 0 Å². The standard InChI is InChI=1S/C25H19ClN2O4S/c1-31-22(17-9-3-2-4-10-17)24(29)28-27-15-16-8-7-11-18(14-16)32-25(30)23-21(26)19-12-5-6-13-20(19)33-23/h2-15,22H,1H3,(H,28,29)/b27-15-/t22-/m0/s1. The number of carbonyl (C=O) groups excluding carboxylic acids is 2. The first kappa shape index (κ1) is 22.7. The lowest BCUT2D eigenvalue weighted by molar-refractivity contribution is -0.131. The fraction of sp³-hybridized carbons (Fsp3) is 0.0800. The van der Waals surface area contributed by atoms with Crippen molar-refractivity contribution in [2.24, 2.45) is 5.10 Å². The second-order valence-electron chi connectivity index (χ2n) is 6.96. The lowest BCUT2D eigenvalue weighted by atomic mass is 10.1. The molecule has 0 unspecified atom stereocenters. The number of hydrogen-bond acceptors (Lipinski definition) is 6. The average Bonchev–Trinajstić information content (AvgIpc) is 3.17. The Hall–Kier alpha value is -3.52. The highest BCUT2D eigenvalue weighted by Crippen LogP contribution is 2.35. The van der Waals surface area contributed by atoms with Crippen molar-refractivity contribution in [3.63, 3.8) is 0 Å². The van der Waals surface area contributed by atoms with Crippen LogP contribution in [0.15, 0.2) is 84.0 Å². The maximum atomic E-state index is 12.7. The molecule has 4 aromatic rings. The van der Waals surface area contributed by atoms with Gasteiger partial charge in [0, 0.05) is 17.2 Å². The molecule has 0 spiro atoms. The highest BCUT2D eigenvalue weighted by atomic mass is 35.5. The summed E-state index contributed by atoms with van der Waals surface area (Å²) in [6.07, 6.45) is 0.681. The molecular weight excluding hydrogens is 460 g/mol. The Bertz CT molecular complexity index is 1320. The van der Waals surface area contributed by atoms with E-state index >= 15 is 0 Å². The fourth-order valence-electron chi connectivity index (χ4n) is 3.21.